The van der Waals surface area contributed by atoms with E-state index in [2.05, 4.69) is 16.4 Å². The molecule has 1 aromatic heterocycles. The Morgan fingerprint density at radius 1 is 1.06 bits per heavy atom. The maximum Gasteiger partial charge on any atom is 0.407 e. The van der Waals surface area contributed by atoms with Crippen molar-refractivity contribution in [1.82, 2.24) is 10.3 Å². The van der Waals surface area contributed by atoms with Crippen LogP contribution < -0.4 is 5.32 Å². The van der Waals surface area contributed by atoms with E-state index in [4.69, 9.17) is 14.2 Å². The Kier molecular flexibility index (Phi) is 8.10. The zero-order chi connectivity index (χ0) is 25.9. The minimum Gasteiger partial charge on any atom is -0.444 e. The van der Waals surface area contributed by atoms with Gasteiger partial charge in [0.1, 0.15) is 11.4 Å². The maximum atomic E-state index is 13.6. The smallest absolute Gasteiger partial charge is 0.407 e. The number of amides is 1. The largest absolute Gasteiger partial charge is 0.444 e. The molecule has 0 radical (unpaired) electrons. The Hall–Kier alpha value is -2.77. The average Bonchev–Trinajstić information content (AvgIpc) is 3.17. The number of carbonyl (C=O) groups excluding carboxylic acids is 1. The molecule has 0 spiro atoms. The maximum absolute atomic E-state index is 13.6. The predicted molar refractivity (Wildman–Crippen MR) is 138 cm³/mol. The van der Waals surface area contributed by atoms with Crippen molar-refractivity contribution >= 4 is 12.2 Å². The monoisotopic (exact) mass is 496 g/mol. The summed E-state index contributed by atoms with van der Waals surface area (Å²) >= 11 is 0. The first-order valence-corrected chi connectivity index (χ1v) is 12.6. The summed E-state index contributed by atoms with van der Waals surface area (Å²) in [6.07, 6.45) is 8.25. The Balaban J connectivity index is 1.47. The standard InChI is InChI=1S/C29H37FN2O4/c1-29(2,3)36-28(33)32-25-16-24-20(15-27(25)35-5)14-26(34-4)23(24)12-11-22-10-9-19(17-31-22)18-7-6-8-21(30)13-18/h6-13,17,20,23-27H,14-16H2,1-5H3,(H,32,33)/b12-11+/t20-,23+,24-,25+,26+,27+/m1/s1. The highest BCUT2D eigenvalue weighted by atomic mass is 19.1. The molecule has 1 amide bonds. The summed E-state index contributed by atoms with van der Waals surface area (Å²) in [6, 6.07) is 10.3. The van der Waals surface area contributed by atoms with Crippen LogP contribution in [-0.4, -0.2) is 49.1 Å². The lowest BCUT2D eigenvalue weighted by Gasteiger charge is -2.39. The molecule has 7 heteroatoms. The van der Waals surface area contributed by atoms with Crippen molar-refractivity contribution in [3.63, 3.8) is 0 Å². The van der Waals surface area contributed by atoms with Crippen molar-refractivity contribution in [3.05, 3.63) is 60.2 Å². The average molecular weight is 497 g/mol. The third kappa shape index (κ3) is 6.31. The molecule has 6 nitrogen and oxygen atoms in total. The molecule has 0 saturated heterocycles. The molecule has 0 unspecified atom stereocenters. The van der Waals surface area contributed by atoms with E-state index >= 15 is 0 Å². The van der Waals surface area contributed by atoms with Gasteiger partial charge < -0.3 is 19.5 Å². The highest BCUT2D eigenvalue weighted by Gasteiger charge is 2.48. The summed E-state index contributed by atoms with van der Waals surface area (Å²) in [7, 11) is 3.47. The first-order chi connectivity index (χ1) is 17.2. The molecular weight excluding hydrogens is 459 g/mol. The lowest BCUT2D eigenvalue weighted by atomic mass is 9.74. The minimum absolute atomic E-state index is 0.0592. The summed E-state index contributed by atoms with van der Waals surface area (Å²) in [5.74, 6) is 0.740. The number of nitrogens with zero attached hydrogens (tertiary/aromatic N) is 1. The summed E-state index contributed by atoms with van der Waals surface area (Å²) in [6.45, 7) is 5.57. The number of carbonyl (C=O) groups is 1. The fourth-order valence-corrected chi connectivity index (χ4v) is 5.69. The third-order valence-corrected chi connectivity index (χ3v) is 7.32. The minimum atomic E-state index is -0.555. The molecule has 2 fully saturated rings. The van der Waals surface area contributed by atoms with E-state index in [0.717, 1.165) is 36.1 Å². The summed E-state index contributed by atoms with van der Waals surface area (Å²) in [5, 5.41) is 3.05. The van der Waals surface area contributed by atoms with Gasteiger partial charge in [-0.3, -0.25) is 4.98 Å². The van der Waals surface area contributed by atoms with Gasteiger partial charge in [-0.1, -0.05) is 24.3 Å². The zero-order valence-corrected chi connectivity index (χ0v) is 21.7. The van der Waals surface area contributed by atoms with E-state index in [-0.39, 0.29) is 30.0 Å². The number of aromatic nitrogens is 1. The van der Waals surface area contributed by atoms with Gasteiger partial charge in [-0.2, -0.15) is 0 Å². The fourth-order valence-electron chi connectivity index (χ4n) is 5.69. The molecule has 194 valence electrons. The van der Waals surface area contributed by atoms with Gasteiger partial charge in [-0.25, -0.2) is 9.18 Å². The van der Waals surface area contributed by atoms with Crippen LogP contribution in [-0.2, 0) is 14.2 Å². The van der Waals surface area contributed by atoms with Crippen LogP contribution in [0.4, 0.5) is 9.18 Å². The Morgan fingerprint density at radius 3 is 2.44 bits per heavy atom. The van der Waals surface area contributed by atoms with Gasteiger partial charge in [0.05, 0.1) is 23.9 Å². The molecule has 2 aliphatic rings. The number of pyridine rings is 1. The Morgan fingerprint density at radius 2 is 1.81 bits per heavy atom. The van der Waals surface area contributed by atoms with Gasteiger partial charge >= 0.3 is 6.09 Å². The predicted octanol–water partition coefficient (Wildman–Crippen LogP) is 5.87. The molecule has 2 saturated carbocycles. The van der Waals surface area contributed by atoms with Gasteiger partial charge in [0, 0.05) is 31.9 Å². The molecule has 1 aromatic carbocycles. The number of methoxy groups -OCH3 is 2. The number of hydrogen-bond donors (Lipinski definition) is 1. The van der Waals surface area contributed by atoms with Crippen LogP contribution >= 0.6 is 0 Å². The van der Waals surface area contributed by atoms with Gasteiger partial charge in [0.15, 0.2) is 0 Å². The number of hydrogen-bond acceptors (Lipinski definition) is 5. The number of ether oxygens (including phenoxy) is 3. The molecule has 6 atom stereocenters. The number of alkyl carbamates (subject to hydrolysis) is 1. The van der Waals surface area contributed by atoms with Gasteiger partial charge in [0.25, 0.3) is 0 Å². The number of nitrogens with one attached hydrogen (secondary N) is 1. The number of benzene rings is 1. The SMILES string of the molecule is CO[C@H]1C[C@@H]2C[C@H](OC)[C@@H](NC(=O)OC(C)(C)C)C[C@H]2[C@@H]1/C=C/c1ccc(-c2cccc(F)c2)cn1. The van der Waals surface area contributed by atoms with Crippen LogP contribution in [0.5, 0.6) is 0 Å². The third-order valence-electron chi connectivity index (χ3n) is 7.32. The van der Waals surface area contributed by atoms with Crippen LogP contribution in [0.1, 0.15) is 45.7 Å². The van der Waals surface area contributed by atoms with Crippen molar-refractivity contribution in [2.24, 2.45) is 17.8 Å². The van der Waals surface area contributed by atoms with Crippen molar-refractivity contribution in [1.29, 1.82) is 0 Å². The van der Waals surface area contributed by atoms with Crippen LogP contribution in [0.15, 0.2) is 48.7 Å². The van der Waals surface area contributed by atoms with E-state index in [0.29, 0.717) is 11.8 Å². The topological polar surface area (TPSA) is 69.7 Å². The second kappa shape index (κ2) is 11.1. The first kappa shape index (κ1) is 26.3. The molecule has 0 bridgehead atoms. The molecule has 2 aromatic rings. The van der Waals surface area contributed by atoms with Crippen molar-refractivity contribution in [2.75, 3.05) is 14.2 Å². The molecule has 0 aliphatic heterocycles. The Labute approximate surface area is 213 Å². The van der Waals surface area contributed by atoms with Gasteiger partial charge in [0.2, 0.25) is 0 Å². The summed E-state index contributed by atoms with van der Waals surface area (Å²) in [4.78, 5) is 17.1. The molecule has 2 aliphatic carbocycles. The van der Waals surface area contributed by atoms with E-state index in [9.17, 15) is 9.18 Å². The number of halogens is 1. The quantitative estimate of drug-likeness (QED) is 0.542. The highest BCUT2D eigenvalue weighted by Crippen LogP contribution is 2.48. The summed E-state index contributed by atoms with van der Waals surface area (Å²) < 4.78 is 30.7. The Bertz CT molecular complexity index is 1070. The normalized spacial score (nSPS) is 28.2. The number of rotatable bonds is 6. The lowest BCUT2D eigenvalue weighted by molar-refractivity contribution is -0.00428. The molecule has 1 heterocycles. The molecule has 1 N–H and O–H groups in total. The molecule has 4 rings (SSSR count). The molecule has 36 heavy (non-hydrogen) atoms. The van der Waals surface area contributed by atoms with Crippen molar-refractivity contribution < 1.29 is 23.4 Å². The zero-order valence-electron chi connectivity index (χ0n) is 21.7. The van der Waals surface area contributed by atoms with E-state index in [1.807, 2.05) is 45.0 Å². The number of fused-ring (bicyclic) bond motifs is 1. The highest BCUT2D eigenvalue weighted by molar-refractivity contribution is 5.68. The van der Waals surface area contributed by atoms with Crippen LogP contribution in [0.2, 0.25) is 0 Å². The molecular formula is C29H37FN2O4. The van der Waals surface area contributed by atoms with E-state index < -0.39 is 11.7 Å². The lowest BCUT2D eigenvalue weighted by Crippen LogP contribution is -2.51. The van der Waals surface area contributed by atoms with Crippen molar-refractivity contribution in [2.45, 2.75) is 63.9 Å². The second-order valence-electron chi connectivity index (χ2n) is 10.9. The van der Waals surface area contributed by atoms with Crippen LogP contribution in [0.25, 0.3) is 17.2 Å². The summed E-state index contributed by atoms with van der Waals surface area (Å²) in [5.41, 5.74) is 1.95. The van der Waals surface area contributed by atoms with Gasteiger partial charge in [-0.15, -0.1) is 0 Å². The fraction of sp³-hybridized carbons (Fsp3) is 0.517. The first-order valence-electron chi connectivity index (χ1n) is 12.6. The van der Waals surface area contributed by atoms with Gasteiger partial charge in [-0.05, 0) is 81.7 Å². The van der Waals surface area contributed by atoms with Crippen molar-refractivity contribution in [3.8, 4) is 11.1 Å². The van der Waals surface area contributed by atoms with Crippen LogP contribution in [0, 0.1) is 23.6 Å². The second-order valence-corrected chi connectivity index (χ2v) is 10.9. The van der Waals surface area contributed by atoms with E-state index in [1.165, 1.54) is 12.1 Å². The van der Waals surface area contributed by atoms with E-state index in [1.54, 1.807) is 26.5 Å². The van der Waals surface area contributed by atoms with Crippen LogP contribution in [0.3, 0.4) is 0 Å².